The molecule has 1 amide bonds. The minimum absolute atomic E-state index is 0.163. The Bertz CT molecular complexity index is 882. The van der Waals surface area contributed by atoms with Crippen molar-refractivity contribution in [3.05, 3.63) is 54.1 Å². The van der Waals surface area contributed by atoms with Crippen molar-refractivity contribution in [1.82, 2.24) is 35.3 Å². The van der Waals surface area contributed by atoms with E-state index in [-0.39, 0.29) is 24.0 Å². The van der Waals surface area contributed by atoms with Crippen LogP contribution in [0.1, 0.15) is 34.8 Å². The number of amides is 1. The first-order valence-corrected chi connectivity index (χ1v) is 8.41. The Kier molecular flexibility index (Phi) is 4.21. The van der Waals surface area contributed by atoms with Gasteiger partial charge in [-0.1, -0.05) is 0 Å². The van der Waals surface area contributed by atoms with Crippen LogP contribution in [0.25, 0.3) is 5.69 Å². The van der Waals surface area contributed by atoms with Gasteiger partial charge in [0.2, 0.25) is 0 Å². The molecule has 2 heterocycles. The SMILES string of the molecule is Cn1cc([C@@H](NC(=O)c2ccc(-n3cnnn3)cc2)C2CC(O)C2)cn1. The monoisotopic (exact) mass is 353 g/mol. The van der Waals surface area contributed by atoms with Gasteiger partial charge in [0, 0.05) is 24.4 Å². The Labute approximate surface area is 149 Å². The number of hydrogen-bond acceptors (Lipinski definition) is 6. The highest BCUT2D eigenvalue weighted by molar-refractivity contribution is 5.94. The number of nitrogens with one attached hydrogen (secondary N) is 1. The molecule has 3 aromatic rings. The van der Waals surface area contributed by atoms with Gasteiger partial charge in [-0.2, -0.15) is 5.10 Å². The summed E-state index contributed by atoms with van der Waals surface area (Å²) in [6.07, 6.45) is 6.23. The molecule has 0 saturated heterocycles. The number of aryl methyl sites for hydroxylation is 1. The van der Waals surface area contributed by atoms with Crippen molar-refractivity contribution in [3.8, 4) is 5.69 Å². The second kappa shape index (κ2) is 6.68. The molecule has 0 spiro atoms. The Morgan fingerprint density at radius 1 is 1.31 bits per heavy atom. The predicted octanol–water partition coefficient (Wildman–Crippen LogP) is 0.638. The number of tetrazole rings is 1. The van der Waals surface area contributed by atoms with E-state index < -0.39 is 0 Å². The van der Waals surface area contributed by atoms with Crippen molar-refractivity contribution < 1.29 is 9.90 Å². The number of nitrogens with zero attached hydrogens (tertiary/aromatic N) is 6. The van der Waals surface area contributed by atoms with Crippen LogP contribution >= 0.6 is 0 Å². The van der Waals surface area contributed by atoms with Crippen molar-refractivity contribution >= 4 is 5.91 Å². The van der Waals surface area contributed by atoms with Gasteiger partial charge < -0.3 is 10.4 Å². The highest BCUT2D eigenvalue weighted by atomic mass is 16.3. The summed E-state index contributed by atoms with van der Waals surface area (Å²) in [4.78, 5) is 12.7. The summed E-state index contributed by atoms with van der Waals surface area (Å²) in [7, 11) is 1.84. The average molecular weight is 353 g/mol. The van der Waals surface area contributed by atoms with Gasteiger partial charge in [-0.25, -0.2) is 4.68 Å². The molecule has 0 unspecified atom stereocenters. The molecule has 1 aliphatic rings. The highest BCUT2D eigenvalue weighted by Crippen LogP contribution is 2.38. The van der Waals surface area contributed by atoms with E-state index in [2.05, 4.69) is 25.9 Å². The van der Waals surface area contributed by atoms with Crippen LogP contribution in [0.5, 0.6) is 0 Å². The third kappa shape index (κ3) is 3.21. The maximum atomic E-state index is 12.7. The maximum absolute atomic E-state index is 12.7. The molecular weight excluding hydrogens is 334 g/mol. The van der Waals surface area contributed by atoms with Gasteiger partial charge in [-0.3, -0.25) is 9.48 Å². The standard InChI is InChI=1S/C17H19N7O2/c1-23-9-13(8-19-23)16(12-6-15(25)7-12)20-17(26)11-2-4-14(5-3-11)24-10-18-21-22-24/h2-5,8-10,12,15-16,25H,6-7H2,1H3,(H,20,26)/t12?,15?,16-/m0/s1. The normalized spacial score (nSPS) is 20.4. The molecule has 0 bridgehead atoms. The van der Waals surface area contributed by atoms with Crippen LogP contribution in [0.3, 0.4) is 0 Å². The van der Waals surface area contributed by atoms with Crippen molar-refractivity contribution in [3.63, 3.8) is 0 Å². The van der Waals surface area contributed by atoms with Crippen molar-refractivity contribution in [2.75, 3.05) is 0 Å². The van der Waals surface area contributed by atoms with Gasteiger partial charge in [-0.05, 0) is 53.5 Å². The number of carbonyl (C=O) groups is 1. The lowest BCUT2D eigenvalue weighted by molar-refractivity contribution is 0.0235. The number of aromatic nitrogens is 6. The summed E-state index contributed by atoms with van der Waals surface area (Å²) in [5.41, 5.74) is 2.27. The summed E-state index contributed by atoms with van der Waals surface area (Å²) in [5, 5.41) is 27.9. The molecule has 1 atom stereocenters. The molecule has 1 fully saturated rings. The summed E-state index contributed by atoms with van der Waals surface area (Å²) in [5.74, 6) is 0.0437. The van der Waals surface area contributed by atoms with Gasteiger partial charge in [0.15, 0.2) is 0 Å². The summed E-state index contributed by atoms with van der Waals surface area (Å²) >= 11 is 0. The maximum Gasteiger partial charge on any atom is 0.251 e. The molecule has 9 heteroatoms. The molecule has 4 rings (SSSR count). The van der Waals surface area contributed by atoms with Crippen LogP contribution in [0.15, 0.2) is 43.0 Å². The molecule has 0 aliphatic heterocycles. The van der Waals surface area contributed by atoms with E-state index in [4.69, 9.17) is 0 Å². The van der Waals surface area contributed by atoms with E-state index in [0.717, 1.165) is 11.3 Å². The van der Waals surface area contributed by atoms with Gasteiger partial charge in [0.25, 0.3) is 5.91 Å². The van der Waals surface area contributed by atoms with E-state index >= 15 is 0 Å². The fourth-order valence-electron chi connectivity index (χ4n) is 3.25. The molecule has 26 heavy (non-hydrogen) atoms. The van der Waals surface area contributed by atoms with Crippen LogP contribution < -0.4 is 5.32 Å². The second-order valence-corrected chi connectivity index (χ2v) is 6.59. The summed E-state index contributed by atoms with van der Waals surface area (Å²) < 4.78 is 3.24. The third-order valence-electron chi connectivity index (χ3n) is 4.73. The first kappa shape index (κ1) is 16.4. The number of benzene rings is 1. The number of carbonyl (C=O) groups excluding carboxylic acids is 1. The highest BCUT2D eigenvalue weighted by Gasteiger charge is 2.36. The molecule has 2 N–H and O–H groups in total. The van der Waals surface area contributed by atoms with Crippen molar-refractivity contribution in [1.29, 1.82) is 0 Å². The van der Waals surface area contributed by atoms with E-state index in [1.165, 1.54) is 11.0 Å². The number of aliphatic hydroxyl groups excluding tert-OH is 1. The van der Waals surface area contributed by atoms with E-state index in [9.17, 15) is 9.90 Å². The van der Waals surface area contributed by atoms with Gasteiger partial charge in [-0.15, -0.1) is 5.10 Å². The first-order chi connectivity index (χ1) is 12.6. The van der Waals surface area contributed by atoms with Crippen LogP contribution in [0.4, 0.5) is 0 Å². The molecule has 0 radical (unpaired) electrons. The zero-order valence-corrected chi connectivity index (χ0v) is 14.2. The molecule has 1 aliphatic carbocycles. The molecule has 2 aromatic heterocycles. The molecule has 1 saturated carbocycles. The zero-order valence-electron chi connectivity index (χ0n) is 14.2. The first-order valence-electron chi connectivity index (χ1n) is 8.41. The van der Waals surface area contributed by atoms with Crippen molar-refractivity contribution in [2.24, 2.45) is 13.0 Å². The fraction of sp³-hybridized carbons (Fsp3) is 0.353. The predicted molar refractivity (Wildman–Crippen MR) is 91.3 cm³/mol. The minimum atomic E-state index is -0.286. The van der Waals surface area contributed by atoms with E-state index in [1.54, 1.807) is 35.1 Å². The number of rotatable bonds is 5. The van der Waals surface area contributed by atoms with Crippen LogP contribution in [-0.2, 0) is 7.05 Å². The Hall–Kier alpha value is -3.07. The summed E-state index contributed by atoms with van der Waals surface area (Å²) in [6, 6.07) is 6.89. The molecule has 9 nitrogen and oxygen atoms in total. The van der Waals surface area contributed by atoms with E-state index in [1.807, 2.05) is 13.2 Å². The lowest BCUT2D eigenvalue weighted by Crippen LogP contribution is -2.41. The molecule has 134 valence electrons. The van der Waals surface area contributed by atoms with Crippen LogP contribution in [0, 0.1) is 5.92 Å². The Balaban J connectivity index is 1.51. The lowest BCUT2D eigenvalue weighted by atomic mass is 9.75. The van der Waals surface area contributed by atoms with Gasteiger partial charge >= 0.3 is 0 Å². The zero-order chi connectivity index (χ0) is 18.1. The Morgan fingerprint density at radius 2 is 2.08 bits per heavy atom. The lowest BCUT2D eigenvalue weighted by Gasteiger charge is -2.37. The second-order valence-electron chi connectivity index (χ2n) is 6.59. The van der Waals surface area contributed by atoms with Gasteiger partial charge in [0.05, 0.1) is 24.0 Å². The minimum Gasteiger partial charge on any atom is -0.393 e. The average Bonchev–Trinajstić information content (AvgIpc) is 3.29. The van der Waals surface area contributed by atoms with Gasteiger partial charge in [0.1, 0.15) is 6.33 Å². The smallest absolute Gasteiger partial charge is 0.251 e. The summed E-state index contributed by atoms with van der Waals surface area (Å²) in [6.45, 7) is 0. The fourth-order valence-corrected chi connectivity index (χ4v) is 3.25. The Morgan fingerprint density at radius 3 is 2.65 bits per heavy atom. The van der Waals surface area contributed by atoms with Crippen LogP contribution in [-0.4, -0.2) is 47.1 Å². The van der Waals surface area contributed by atoms with E-state index in [0.29, 0.717) is 18.4 Å². The molecule has 1 aromatic carbocycles. The quantitative estimate of drug-likeness (QED) is 0.696. The number of aliphatic hydroxyl groups is 1. The largest absolute Gasteiger partial charge is 0.393 e. The van der Waals surface area contributed by atoms with Crippen LogP contribution in [0.2, 0.25) is 0 Å². The number of hydrogen-bond donors (Lipinski definition) is 2. The molecular formula is C17H19N7O2. The topological polar surface area (TPSA) is 111 Å². The van der Waals surface area contributed by atoms with Crippen molar-refractivity contribution in [2.45, 2.75) is 25.0 Å². The third-order valence-corrected chi connectivity index (χ3v) is 4.73.